The molecule has 0 saturated carbocycles. The molecule has 7 nitrogen and oxygen atoms in total. The maximum Gasteiger partial charge on any atom is 0.223 e. The summed E-state index contributed by atoms with van der Waals surface area (Å²) in [5, 5.41) is 7.35. The van der Waals surface area contributed by atoms with E-state index in [-0.39, 0.29) is 12.0 Å². The summed E-state index contributed by atoms with van der Waals surface area (Å²) >= 11 is 0. The Bertz CT molecular complexity index is 836. The van der Waals surface area contributed by atoms with Crippen molar-refractivity contribution in [3.05, 3.63) is 41.2 Å². The highest BCUT2D eigenvalue weighted by Crippen LogP contribution is 2.29. The third-order valence-electron chi connectivity index (χ3n) is 5.54. The van der Waals surface area contributed by atoms with E-state index in [1.165, 1.54) is 0 Å². The van der Waals surface area contributed by atoms with Crippen molar-refractivity contribution in [1.29, 1.82) is 0 Å². The van der Waals surface area contributed by atoms with E-state index in [1.807, 2.05) is 25.2 Å². The largest absolute Gasteiger partial charge is 0.497 e. The molecule has 7 heteroatoms. The zero-order chi connectivity index (χ0) is 21.5. The van der Waals surface area contributed by atoms with Gasteiger partial charge in [-0.1, -0.05) is 20.3 Å². The maximum absolute atomic E-state index is 12.7. The van der Waals surface area contributed by atoms with E-state index in [2.05, 4.69) is 35.0 Å². The Morgan fingerprint density at radius 2 is 2.20 bits per heavy atom. The smallest absolute Gasteiger partial charge is 0.223 e. The van der Waals surface area contributed by atoms with Gasteiger partial charge in [-0.25, -0.2) is 0 Å². The molecule has 0 radical (unpaired) electrons. The quantitative estimate of drug-likeness (QED) is 0.681. The van der Waals surface area contributed by atoms with Crippen LogP contribution in [0.2, 0.25) is 0 Å². The molecule has 2 aromatic rings. The predicted molar refractivity (Wildman–Crippen MR) is 117 cm³/mol. The fourth-order valence-corrected chi connectivity index (χ4v) is 3.78. The summed E-state index contributed by atoms with van der Waals surface area (Å²) in [4.78, 5) is 16.8. The Kier molecular flexibility index (Phi) is 7.74. The van der Waals surface area contributed by atoms with Gasteiger partial charge < -0.3 is 14.4 Å². The van der Waals surface area contributed by atoms with Gasteiger partial charge in [0.05, 0.1) is 25.0 Å². The van der Waals surface area contributed by atoms with Crippen molar-refractivity contribution in [2.45, 2.75) is 58.7 Å². The van der Waals surface area contributed by atoms with Gasteiger partial charge >= 0.3 is 0 Å². The van der Waals surface area contributed by atoms with Crippen LogP contribution in [0.4, 0.5) is 0 Å². The number of aromatic nitrogens is 2. The molecule has 1 atom stereocenters. The van der Waals surface area contributed by atoms with Gasteiger partial charge in [-0.3, -0.25) is 14.8 Å². The highest BCUT2D eigenvalue weighted by atomic mass is 16.5. The van der Waals surface area contributed by atoms with Crippen LogP contribution in [0.15, 0.2) is 24.3 Å². The normalized spacial score (nSPS) is 16.5. The van der Waals surface area contributed by atoms with Crippen LogP contribution in [-0.2, 0) is 24.3 Å². The summed E-state index contributed by atoms with van der Waals surface area (Å²) in [6.45, 7) is 7.08. The molecule has 0 spiro atoms. The lowest BCUT2D eigenvalue weighted by molar-refractivity contribution is -0.130. The second-order valence-electron chi connectivity index (χ2n) is 7.99. The molecule has 164 valence electrons. The summed E-state index contributed by atoms with van der Waals surface area (Å²) in [5.41, 5.74) is 3.13. The van der Waals surface area contributed by atoms with Gasteiger partial charge in [-0.05, 0) is 37.1 Å². The molecular formula is C23H34N4O3. The van der Waals surface area contributed by atoms with Crippen molar-refractivity contribution in [1.82, 2.24) is 20.0 Å². The van der Waals surface area contributed by atoms with E-state index in [4.69, 9.17) is 9.47 Å². The number of benzene rings is 1. The number of methoxy groups -OCH3 is 1. The Morgan fingerprint density at radius 3 is 2.93 bits per heavy atom. The number of nitrogens with zero attached hydrogens (tertiary/aromatic N) is 3. The zero-order valence-corrected chi connectivity index (χ0v) is 18.6. The van der Waals surface area contributed by atoms with E-state index >= 15 is 0 Å². The summed E-state index contributed by atoms with van der Waals surface area (Å²) < 4.78 is 11.6. The van der Waals surface area contributed by atoms with E-state index in [0.717, 1.165) is 60.8 Å². The molecule has 3 rings (SSSR count). The van der Waals surface area contributed by atoms with Crippen LogP contribution in [0.25, 0.3) is 0 Å². The summed E-state index contributed by atoms with van der Waals surface area (Å²) in [6, 6.07) is 7.99. The lowest BCUT2D eigenvalue weighted by Crippen LogP contribution is -2.36. The average molecular weight is 415 g/mol. The van der Waals surface area contributed by atoms with Gasteiger partial charge in [0.2, 0.25) is 5.91 Å². The number of ether oxygens (including phenoxy) is 2. The first-order valence-corrected chi connectivity index (χ1v) is 10.8. The minimum Gasteiger partial charge on any atom is -0.497 e. The molecule has 0 aliphatic carbocycles. The van der Waals surface area contributed by atoms with Crippen LogP contribution in [0.3, 0.4) is 0 Å². The standard InChI is InChI=1S/C23H34N4O3/c1-5-7-18-13-19(25-24-18)15-26(3)23(28)10-11-27-14-17-12-21(29-4)8-9-22(17)30-20(6-2)16-27/h8-9,12-13,20H,5-7,10-11,14-16H2,1-4H3,(H,24,25). The van der Waals surface area contributed by atoms with Gasteiger partial charge in [0, 0.05) is 38.7 Å². The second kappa shape index (κ2) is 10.5. The number of rotatable bonds is 9. The minimum absolute atomic E-state index is 0.120. The first kappa shape index (κ1) is 22.2. The molecular weight excluding hydrogens is 380 g/mol. The van der Waals surface area contributed by atoms with Crippen molar-refractivity contribution in [2.24, 2.45) is 0 Å². The SMILES string of the molecule is CCCc1cc(CN(C)C(=O)CCN2Cc3cc(OC)ccc3OC(CC)C2)[nH]n1. The van der Waals surface area contributed by atoms with Crippen LogP contribution in [0.5, 0.6) is 11.5 Å². The number of aromatic amines is 1. The second-order valence-corrected chi connectivity index (χ2v) is 7.99. The highest BCUT2D eigenvalue weighted by Gasteiger charge is 2.23. The number of nitrogens with one attached hydrogen (secondary N) is 1. The minimum atomic E-state index is 0.120. The van der Waals surface area contributed by atoms with E-state index in [9.17, 15) is 4.79 Å². The van der Waals surface area contributed by atoms with Gasteiger partial charge in [0.1, 0.15) is 17.6 Å². The Hall–Kier alpha value is -2.54. The molecule has 1 amide bonds. The molecule has 1 aliphatic rings. The third-order valence-corrected chi connectivity index (χ3v) is 5.54. The van der Waals surface area contributed by atoms with Gasteiger partial charge in [0.15, 0.2) is 0 Å². The lowest BCUT2D eigenvalue weighted by atomic mass is 10.1. The molecule has 0 bridgehead atoms. The fourth-order valence-electron chi connectivity index (χ4n) is 3.78. The molecule has 1 unspecified atom stereocenters. The lowest BCUT2D eigenvalue weighted by Gasteiger charge is -2.24. The Labute approximate surface area is 179 Å². The first-order valence-electron chi connectivity index (χ1n) is 10.8. The molecule has 1 aromatic carbocycles. The van der Waals surface area contributed by atoms with E-state index in [1.54, 1.807) is 12.0 Å². The van der Waals surface area contributed by atoms with Crippen LogP contribution in [-0.4, -0.2) is 59.3 Å². The summed E-state index contributed by atoms with van der Waals surface area (Å²) in [6.07, 6.45) is 3.54. The van der Waals surface area contributed by atoms with E-state index in [0.29, 0.717) is 19.5 Å². The van der Waals surface area contributed by atoms with Crippen LogP contribution in [0, 0.1) is 0 Å². The molecule has 30 heavy (non-hydrogen) atoms. The molecule has 1 N–H and O–H groups in total. The molecule has 0 saturated heterocycles. The van der Waals surface area contributed by atoms with Crippen LogP contribution < -0.4 is 9.47 Å². The van der Waals surface area contributed by atoms with Gasteiger partial charge in [-0.15, -0.1) is 0 Å². The molecule has 1 aromatic heterocycles. The number of amides is 1. The maximum atomic E-state index is 12.7. The topological polar surface area (TPSA) is 70.7 Å². The van der Waals surface area contributed by atoms with E-state index < -0.39 is 0 Å². The number of aryl methyl sites for hydroxylation is 1. The highest BCUT2D eigenvalue weighted by molar-refractivity contribution is 5.76. The number of H-pyrrole nitrogens is 1. The first-order chi connectivity index (χ1) is 14.5. The fraction of sp³-hybridized carbons (Fsp3) is 0.565. The summed E-state index contributed by atoms with van der Waals surface area (Å²) in [5.74, 6) is 1.87. The van der Waals surface area contributed by atoms with Crippen LogP contribution >= 0.6 is 0 Å². The number of carbonyl (C=O) groups is 1. The van der Waals surface area contributed by atoms with Crippen LogP contribution in [0.1, 0.15) is 50.1 Å². The van der Waals surface area contributed by atoms with Gasteiger partial charge in [0.25, 0.3) is 0 Å². The number of fused-ring (bicyclic) bond motifs is 1. The molecule has 2 heterocycles. The third kappa shape index (κ3) is 5.75. The zero-order valence-electron chi connectivity index (χ0n) is 18.6. The predicted octanol–water partition coefficient (Wildman–Crippen LogP) is 3.39. The Morgan fingerprint density at radius 1 is 1.37 bits per heavy atom. The average Bonchev–Trinajstić information content (AvgIpc) is 3.10. The van der Waals surface area contributed by atoms with Crippen molar-refractivity contribution in [3.63, 3.8) is 0 Å². The Balaban J connectivity index is 1.58. The summed E-state index contributed by atoms with van der Waals surface area (Å²) in [7, 11) is 3.52. The van der Waals surface area contributed by atoms with Gasteiger partial charge in [-0.2, -0.15) is 5.10 Å². The molecule has 0 fully saturated rings. The number of hydrogen-bond acceptors (Lipinski definition) is 5. The molecule has 1 aliphatic heterocycles. The van der Waals surface area contributed by atoms with Crippen molar-refractivity contribution in [2.75, 3.05) is 27.2 Å². The van der Waals surface area contributed by atoms with Crippen molar-refractivity contribution >= 4 is 5.91 Å². The van der Waals surface area contributed by atoms with Crippen molar-refractivity contribution in [3.8, 4) is 11.5 Å². The number of carbonyl (C=O) groups excluding carboxylic acids is 1. The number of hydrogen-bond donors (Lipinski definition) is 1. The monoisotopic (exact) mass is 414 g/mol. The van der Waals surface area contributed by atoms with Crippen molar-refractivity contribution < 1.29 is 14.3 Å².